The van der Waals surface area contributed by atoms with Crippen molar-refractivity contribution >= 4 is 0 Å². The normalized spacial score (nSPS) is 51.7. The fourth-order valence-electron chi connectivity index (χ4n) is 7.68. The highest BCUT2D eigenvalue weighted by Crippen LogP contribution is 2.67. The van der Waals surface area contributed by atoms with Gasteiger partial charge in [-0.15, -0.1) is 12.3 Å². The second kappa shape index (κ2) is 6.14. The van der Waals surface area contributed by atoms with Gasteiger partial charge in [-0.2, -0.15) is 0 Å². The van der Waals surface area contributed by atoms with E-state index in [2.05, 4.69) is 25.8 Å². The molecule has 8 atom stereocenters. The zero-order valence-corrected chi connectivity index (χ0v) is 15.9. The van der Waals surface area contributed by atoms with E-state index in [0.717, 1.165) is 31.1 Å². The molecule has 3 saturated carbocycles. The van der Waals surface area contributed by atoms with Gasteiger partial charge in [-0.05, 0) is 80.0 Å². The van der Waals surface area contributed by atoms with Gasteiger partial charge in [0.25, 0.3) is 0 Å². The minimum atomic E-state index is -0.362. The van der Waals surface area contributed by atoms with Gasteiger partial charge in [0.2, 0.25) is 0 Å². The molecule has 2 N–H and O–H groups in total. The first-order valence-electron chi connectivity index (χ1n) is 10.4. The lowest BCUT2D eigenvalue weighted by molar-refractivity contribution is -0.0741. The number of allylic oxidation sites excluding steroid dienone is 1. The predicted octanol–water partition coefficient (Wildman–Crippen LogP) is 4.17. The molecule has 0 radical (unpaired) electrons. The molecule has 4 rings (SSSR count). The number of hydrogen-bond donors (Lipinski definition) is 2. The molecule has 0 aromatic rings. The molecule has 0 bridgehead atoms. The van der Waals surface area contributed by atoms with Crippen molar-refractivity contribution in [1.82, 2.24) is 0 Å². The molecule has 0 aromatic carbocycles. The first kappa shape index (κ1) is 17.6. The molecule has 2 heteroatoms. The smallest absolute Gasteiger partial charge is 0.0627 e. The van der Waals surface area contributed by atoms with Crippen LogP contribution in [0.1, 0.15) is 65.2 Å². The maximum Gasteiger partial charge on any atom is 0.0627 e. The van der Waals surface area contributed by atoms with E-state index < -0.39 is 0 Å². The van der Waals surface area contributed by atoms with Crippen LogP contribution in [-0.4, -0.2) is 22.9 Å². The van der Waals surface area contributed by atoms with Crippen LogP contribution in [-0.2, 0) is 0 Å². The molecule has 138 valence electrons. The molecule has 0 aliphatic heterocycles. The third kappa shape index (κ3) is 2.31. The van der Waals surface area contributed by atoms with Crippen LogP contribution in [0.3, 0.4) is 0 Å². The number of fused-ring (bicyclic) bond motifs is 5. The molecule has 0 spiro atoms. The molecule has 0 aromatic heterocycles. The van der Waals surface area contributed by atoms with Gasteiger partial charge in [0.15, 0.2) is 0 Å². The third-order valence-corrected chi connectivity index (χ3v) is 9.09. The standard InChI is InChI=1S/C23H34O2/c1-4-16-7-9-19-18-8-6-17-12-21(25)15(14-24)13-23(17,5-2)20(18)10-11-22(16,19)3/h1,6,15-16,18-21,24-25H,5,7-14H2,2-3H3/t15?,16?,18-,19-,20+,21?,22+,23-/m0/s1. The topological polar surface area (TPSA) is 40.5 Å². The van der Waals surface area contributed by atoms with E-state index in [9.17, 15) is 10.2 Å². The Hall–Kier alpha value is -0.780. The Labute approximate surface area is 153 Å². The van der Waals surface area contributed by atoms with E-state index in [-0.39, 0.29) is 24.0 Å². The average molecular weight is 343 g/mol. The molecule has 2 nitrogen and oxygen atoms in total. The Morgan fingerprint density at radius 2 is 2.08 bits per heavy atom. The van der Waals surface area contributed by atoms with Crippen LogP contribution >= 0.6 is 0 Å². The van der Waals surface area contributed by atoms with Gasteiger partial charge < -0.3 is 10.2 Å². The molecule has 4 aliphatic carbocycles. The summed E-state index contributed by atoms with van der Waals surface area (Å²) >= 11 is 0. The highest BCUT2D eigenvalue weighted by Gasteiger charge is 2.59. The molecule has 25 heavy (non-hydrogen) atoms. The largest absolute Gasteiger partial charge is 0.396 e. The van der Waals surface area contributed by atoms with Gasteiger partial charge in [0.1, 0.15) is 0 Å². The summed E-state index contributed by atoms with van der Waals surface area (Å²) in [5.74, 6) is 5.84. The van der Waals surface area contributed by atoms with Crippen LogP contribution in [0, 0.1) is 52.8 Å². The zero-order chi connectivity index (χ0) is 17.8. The Kier molecular flexibility index (Phi) is 4.33. The summed E-state index contributed by atoms with van der Waals surface area (Å²) in [6.07, 6.45) is 17.1. The molecular weight excluding hydrogens is 308 g/mol. The summed E-state index contributed by atoms with van der Waals surface area (Å²) < 4.78 is 0. The fourth-order valence-corrected chi connectivity index (χ4v) is 7.68. The first-order chi connectivity index (χ1) is 12.0. The maximum absolute atomic E-state index is 10.4. The van der Waals surface area contributed by atoms with Crippen molar-refractivity contribution < 1.29 is 10.2 Å². The molecule has 3 unspecified atom stereocenters. The summed E-state index contributed by atoms with van der Waals surface area (Å²) in [6.45, 7) is 4.91. The minimum absolute atomic E-state index is 0.0474. The number of aliphatic hydroxyl groups excluding tert-OH is 2. The van der Waals surface area contributed by atoms with Crippen molar-refractivity contribution in [3.8, 4) is 12.3 Å². The summed E-state index contributed by atoms with van der Waals surface area (Å²) in [7, 11) is 0. The molecule has 3 fully saturated rings. The van der Waals surface area contributed by atoms with Crippen LogP contribution in [0.5, 0.6) is 0 Å². The van der Waals surface area contributed by atoms with Gasteiger partial charge in [-0.1, -0.05) is 25.5 Å². The number of hydrogen-bond acceptors (Lipinski definition) is 2. The van der Waals surface area contributed by atoms with Crippen LogP contribution in [0.2, 0.25) is 0 Å². The van der Waals surface area contributed by atoms with Gasteiger partial charge >= 0.3 is 0 Å². The van der Waals surface area contributed by atoms with Gasteiger partial charge in [0, 0.05) is 18.4 Å². The van der Waals surface area contributed by atoms with Crippen LogP contribution in [0.15, 0.2) is 11.6 Å². The van der Waals surface area contributed by atoms with E-state index >= 15 is 0 Å². The Bertz CT molecular complexity index is 602. The van der Waals surface area contributed by atoms with Crippen molar-refractivity contribution in [3.63, 3.8) is 0 Å². The maximum atomic E-state index is 10.4. The third-order valence-electron chi connectivity index (χ3n) is 9.09. The predicted molar refractivity (Wildman–Crippen MR) is 101 cm³/mol. The van der Waals surface area contributed by atoms with E-state index in [1.54, 1.807) is 0 Å². The highest BCUT2D eigenvalue weighted by atomic mass is 16.3. The second-order valence-corrected chi connectivity index (χ2v) is 9.61. The lowest BCUT2D eigenvalue weighted by Gasteiger charge is -2.59. The van der Waals surface area contributed by atoms with E-state index in [0.29, 0.717) is 17.3 Å². The summed E-state index contributed by atoms with van der Waals surface area (Å²) in [5.41, 5.74) is 2.05. The fraction of sp³-hybridized carbons (Fsp3) is 0.826. The summed E-state index contributed by atoms with van der Waals surface area (Å²) in [5, 5.41) is 20.3. The average Bonchev–Trinajstić information content (AvgIpc) is 2.97. The zero-order valence-electron chi connectivity index (χ0n) is 15.9. The van der Waals surface area contributed by atoms with E-state index in [4.69, 9.17) is 6.42 Å². The quantitative estimate of drug-likeness (QED) is 0.584. The lowest BCUT2D eigenvalue weighted by atomic mass is 9.45. The number of rotatable bonds is 2. The van der Waals surface area contributed by atoms with Gasteiger partial charge in [-0.3, -0.25) is 0 Å². The van der Waals surface area contributed by atoms with E-state index in [1.165, 1.54) is 37.7 Å². The van der Waals surface area contributed by atoms with Crippen molar-refractivity contribution in [3.05, 3.63) is 11.6 Å². The highest BCUT2D eigenvalue weighted by molar-refractivity contribution is 5.27. The Balaban J connectivity index is 1.70. The molecular formula is C23H34O2. The van der Waals surface area contributed by atoms with Gasteiger partial charge in [0.05, 0.1) is 6.10 Å². The SMILES string of the molecule is C#CC1CC[C@H]2[C@@H]3CC=C4CC(O)C(CO)C[C@]4(CC)[C@@H]3CC[C@]12C. The van der Waals surface area contributed by atoms with Crippen LogP contribution in [0.25, 0.3) is 0 Å². The monoisotopic (exact) mass is 342 g/mol. The van der Waals surface area contributed by atoms with Crippen molar-refractivity contribution in [2.75, 3.05) is 6.61 Å². The van der Waals surface area contributed by atoms with Crippen LogP contribution in [0.4, 0.5) is 0 Å². The summed E-state index contributed by atoms with van der Waals surface area (Å²) in [6, 6.07) is 0. The number of aliphatic hydroxyl groups is 2. The molecule has 0 saturated heterocycles. The van der Waals surface area contributed by atoms with Crippen molar-refractivity contribution in [2.45, 2.75) is 71.3 Å². The van der Waals surface area contributed by atoms with Crippen molar-refractivity contribution in [1.29, 1.82) is 0 Å². The minimum Gasteiger partial charge on any atom is -0.396 e. The Morgan fingerprint density at radius 3 is 2.76 bits per heavy atom. The molecule has 4 aliphatic rings. The summed E-state index contributed by atoms with van der Waals surface area (Å²) in [4.78, 5) is 0. The van der Waals surface area contributed by atoms with E-state index in [1.807, 2.05) is 0 Å². The first-order valence-corrected chi connectivity index (χ1v) is 10.4. The molecule has 0 heterocycles. The van der Waals surface area contributed by atoms with Crippen LogP contribution < -0.4 is 0 Å². The second-order valence-electron chi connectivity index (χ2n) is 9.61. The van der Waals surface area contributed by atoms with Gasteiger partial charge in [-0.25, -0.2) is 0 Å². The number of terminal acetylenes is 1. The molecule has 0 amide bonds. The lowest BCUT2D eigenvalue weighted by Crippen LogP contribution is -2.53. The Morgan fingerprint density at radius 1 is 1.28 bits per heavy atom. The van der Waals surface area contributed by atoms with Crippen molar-refractivity contribution in [2.24, 2.45) is 40.4 Å².